The molecular weight excluding hydrogens is 200 g/mol. The van der Waals surface area contributed by atoms with Gasteiger partial charge in [0.15, 0.2) is 0 Å². The Morgan fingerprint density at radius 3 is 2.71 bits per heavy atom. The van der Waals surface area contributed by atoms with Gasteiger partial charge in [0.05, 0.1) is 17.4 Å². The lowest BCUT2D eigenvalue weighted by Gasteiger charge is -2.26. The molecule has 3 unspecified atom stereocenters. The van der Waals surface area contributed by atoms with Crippen LogP contribution in [-0.4, -0.2) is 46.7 Å². The van der Waals surface area contributed by atoms with Gasteiger partial charge < -0.3 is 15.6 Å². The summed E-state index contributed by atoms with van der Waals surface area (Å²) < 4.78 is 5.43. The summed E-state index contributed by atoms with van der Waals surface area (Å²) in [7, 11) is 0. The molecule has 0 bridgehead atoms. The van der Waals surface area contributed by atoms with Crippen molar-refractivity contribution in [3.63, 3.8) is 0 Å². The van der Waals surface area contributed by atoms with Crippen LogP contribution in [0.3, 0.4) is 0 Å². The van der Waals surface area contributed by atoms with Crippen LogP contribution in [-0.2, 0) is 4.74 Å². The number of ether oxygens (including phenoxy) is 1. The Hall–Kier alpha value is 0.190. The molecule has 1 fully saturated rings. The summed E-state index contributed by atoms with van der Waals surface area (Å²) in [6.45, 7) is 5.80. The van der Waals surface area contributed by atoms with Crippen LogP contribution >= 0.6 is 11.8 Å². The second-order valence-corrected chi connectivity index (χ2v) is 4.78. The molecule has 0 aliphatic carbocycles. The number of hydrogen-bond donors (Lipinski definition) is 2. The lowest BCUT2D eigenvalue weighted by atomic mass is 10.3. The number of nitrogens with two attached hydrogens (primary N) is 1. The first kappa shape index (κ1) is 12.3. The molecule has 1 aliphatic rings. The highest BCUT2D eigenvalue weighted by Crippen LogP contribution is 2.30. The first-order chi connectivity index (χ1) is 6.70. The van der Waals surface area contributed by atoms with Gasteiger partial charge in [-0.2, -0.15) is 0 Å². The third-order valence-corrected chi connectivity index (χ3v) is 3.31. The fraction of sp³-hybridized carbons (Fsp3) is 1.00. The van der Waals surface area contributed by atoms with E-state index in [1.807, 2.05) is 0 Å². The molecular formula is C9H20N2O2S. The maximum absolute atomic E-state index is 8.85. The highest BCUT2D eigenvalue weighted by atomic mass is 32.2. The first-order valence-electron chi connectivity index (χ1n) is 5.04. The van der Waals surface area contributed by atoms with Crippen LogP contribution in [0.1, 0.15) is 20.3 Å². The monoisotopic (exact) mass is 220 g/mol. The quantitative estimate of drug-likeness (QED) is 0.481. The largest absolute Gasteiger partial charge is 0.386 e. The summed E-state index contributed by atoms with van der Waals surface area (Å²) in [5.74, 6) is 0.154. The molecule has 14 heavy (non-hydrogen) atoms. The third kappa shape index (κ3) is 3.40. The molecule has 0 aromatic rings. The normalized spacial score (nSPS) is 28.1. The number of epoxide rings is 1. The standard InChI is InChI=1S/C9H20N2O2S/c1-7-9(13-7)11(5-3-4-10)8(2)14-6-12/h7-9,12H,3-6,10H2,1-2H3. The average Bonchev–Trinajstić information content (AvgIpc) is 2.84. The Bertz CT molecular complexity index is 171. The minimum absolute atomic E-state index is 0.154. The average molecular weight is 220 g/mol. The molecule has 0 radical (unpaired) electrons. The summed E-state index contributed by atoms with van der Waals surface area (Å²) >= 11 is 1.52. The van der Waals surface area contributed by atoms with E-state index in [-0.39, 0.29) is 12.2 Å². The van der Waals surface area contributed by atoms with Crippen molar-refractivity contribution in [3.8, 4) is 0 Å². The molecule has 5 heteroatoms. The molecule has 3 atom stereocenters. The number of aliphatic hydroxyl groups is 1. The molecule has 4 nitrogen and oxygen atoms in total. The van der Waals surface area contributed by atoms with Crippen LogP contribution < -0.4 is 5.73 Å². The number of hydrogen-bond acceptors (Lipinski definition) is 5. The zero-order chi connectivity index (χ0) is 10.6. The van der Waals surface area contributed by atoms with Crippen molar-refractivity contribution >= 4 is 11.8 Å². The maximum atomic E-state index is 8.85. The van der Waals surface area contributed by atoms with Gasteiger partial charge >= 0.3 is 0 Å². The van der Waals surface area contributed by atoms with E-state index in [1.165, 1.54) is 11.8 Å². The van der Waals surface area contributed by atoms with Crippen molar-refractivity contribution in [1.29, 1.82) is 0 Å². The van der Waals surface area contributed by atoms with Gasteiger partial charge in [-0.3, -0.25) is 4.90 Å². The van der Waals surface area contributed by atoms with Gasteiger partial charge in [-0.25, -0.2) is 0 Å². The molecule has 3 N–H and O–H groups in total. The van der Waals surface area contributed by atoms with Gasteiger partial charge in [-0.1, -0.05) is 0 Å². The molecule has 1 saturated heterocycles. The smallest absolute Gasteiger partial charge is 0.138 e. The van der Waals surface area contributed by atoms with Crippen LogP contribution in [0.4, 0.5) is 0 Å². The van der Waals surface area contributed by atoms with E-state index in [0.29, 0.717) is 18.0 Å². The van der Waals surface area contributed by atoms with Crippen LogP contribution in [0, 0.1) is 0 Å². The third-order valence-electron chi connectivity index (χ3n) is 2.41. The second-order valence-electron chi connectivity index (χ2n) is 3.51. The van der Waals surface area contributed by atoms with Crippen molar-refractivity contribution in [2.75, 3.05) is 19.0 Å². The zero-order valence-corrected chi connectivity index (χ0v) is 9.67. The Morgan fingerprint density at radius 2 is 2.29 bits per heavy atom. The van der Waals surface area contributed by atoms with Crippen LogP contribution in [0.2, 0.25) is 0 Å². The molecule has 1 heterocycles. The Kier molecular flexibility index (Phi) is 5.19. The Balaban J connectivity index is 2.35. The predicted molar refractivity (Wildman–Crippen MR) is 58.9 cm³/mol. The molecule has 1 aliphatic heterocycles. The minimum atomic E-state index is 0.154. The summed E-state index contributed by atoms with van der Waals surface area (Å²) in [4.78, 5) is 2.26. The van der Waals surface area contributed by atoms with Gasteiger partial charge in [0.1, 0.15) is 6.23 Å². The van der Waals surface area contributed by atoms with E-state index < -0.39 is 0 Å². The van der Waals surface area contributed by atoms with E-state index in [9.17, 15) is 0 Å². The summed E-state index contributed by atoms with van der Waals surface area (Å²) in [6.07, 6.45) is 1.54. The minimum Gasteiger partial charge on any atom is -0.386 e. The van der Waals surface area contributed by atoms with E-state index >= 15 is 0 Å². The van der Waals surface area contributed by atoms with E-state index in [4.69, 9.17) is 15.6 Å². The molecule has 0 amide bonds. The molecule has 0 aromatic carbocycles. The van der Waals surface area contributed by atoms with Gasteiger partial charge in [0, 0.05) is 6.54 Å². The molecule has 1 rings (SSSR count). The molecule has 84 valence electrons. The number of thioether (sulfide) groups is 1. The van der Waals surface area contributed by atoms with Crippen molar-refractivity contribution in [2.45, 2.75) is 38.0 Å². The van der Waals surface area contributed by atoms with Crippen molar-refractivity contribution < 1.29 is 9.84 Å². The number of rotatable bonds is 7. The highest BCUT2D eigenvalue weighted by Gasteiger charge is 2.41. The van der Waals surface area contributed by atoms with Crippen molar-refractivity contribution in [2.24, 2.45) is 5.73 Å². The number of nitrogens with zero attached hydrogens (tertiary/aromatic N) is 1. The van der Waals surface area contributed by atoms with Crippen LogP contribution in [0.5, 0.6) is 0 Å². The molecule has 0 spiro atoms. The Morgan fingerprint density at radius 1 is 1.64 bits per heavy atom. The maximum Gasteiger partial charge on any atom is 0.138 e. The lowest BCUT2D eigenvalue weighted by Crippen LogP contribution is -2.36. The van der Waals surface area contributed by atoms with Gasteiger partial charge in [-0.15, -0.1) is 11.8 Å². The lowest BCUT2D eigenvalue weighted by molar-refractivity contribution is 0.167. The molecule has 0 aromatic heterocycles. The van der Waals surface area contributed by atoms with Crippen LogP contribution in [0.25, 0.3) is 0 Å². The van der Waals surface area contributed by atoms with E-state index in [2.05, 4.69) is 18.7 Å². The fourth-order valence-corrected chi connectivity index (χ4v) is 2.15. The molecule has 0 saturated carbocycles. The number of aliphatic hydroxyl groups excluding tert-OH is 1. The van der Waals surface area contributed by atoms with Crippen molar-refractivity contribution in [3.05, 3.63) is 0 Å². The Labute approximate surface area is 89.8 Å². The zero-order valence-electron chi connectivity index (χ0n) is 8.85. The SMILES string of the molecule is CC1OC1N(CCCN)C(C)SCO. The van der Waals surface area contributed by atoms with E-state index in [0.717, 1.165) is 13.0 Å². The van der Waals surface area contributed by atoms with Gasteiger partial charge in [0.2, 0.25) is 0 Å². The summed E-state index contributed by atoms with van der Waals surface area (Å²) in [5, 5.41) is 9.14. The van der Waals surface area contributed by atoms with E-state index in [1.54, 1.807) is 0 Å². The predicted octanol–water partition coefficient (Wildman–Crippen LogP) is 0.411. The first-order valence-corrected chi connectivity index (χ1v) is 6.09. The summed E-state index contributed by atoms with van der Waals surface area (Å²) in [5.41, 5.74) is 5.48. The second kappa shape index (κ2) is 5.92. The fourth-order valence-electron chi connectivity index (χ4n) is 1.52. The van der Waals surface area contributed by atoms with Gasteiger partial charge in [-0.05, 0) is 26.8 Å². The van der Waals surface area contributed by atoms with Crippen LogP contribution in [0.15, 0.2) is 0 Å². The van der Waals surface area contributed by atoms with Gasteiger partial charge in [0.25, 0.3) is 0 Å². The summed E-state index contributed by atoms with van der Waals surface area (Å²) in [6, 6.07) is 0. The topological polar surface area (TPSA) is 62.0 Å². The highest BCUT2D eigenvalue weighted by molar-refractivity contribution is 7.99. The van der Waals surface area contributed by atoms with Crippen molar-refractivity contribution in [1.82, 2.24) is 4.90 Å².